The van der Waals surface area contributed by atoms with E-state index >= 15 is 0 Å². The molecule has 1 aromatic rings. The Morgan fingerprint density at radius 2 is 2.25 bits per heavy atom. The zero-order valence-electron chi connectivity index (χ0n) is 12.9. The number of rotatable bonds is 4. The Morgan fingerprint density at radius 3 is 2.85 bits per heavy atom. The van der Waals surface area contributed by atoms with E-state index in [0.717, 1.165) is 50.0 Å². The fourth-order valence-corrected chi connectivity index (χ4v) is 3.33. The van der Waals surface area contributed by atoms with Crippen LogP contribution in [0.3, 0.4) is 0 Å². The van der Waals surface area contributed by atoms with Crippen molar-refractivity contribution in [3.63, 3.8) is 0 Å². The first kappa shape index (κ1) is 15.3. The summed E-state index contributed by atoms with van der Waals surface area (Å²) in [4.78, 5) is 11.3. The van der Waals surface area contributed by atoms with Crippen molar-refractivity contribution in [2.24, 2.45) is 10.9 Å². The van der Waals surface area contributed by atoms with E-state index in [0.29, 0.717) is 0 Å². The van der Waals surface area contributed by atoms with Gasteiger partial charge in [0.25, 0.3) is 0 Å². The lowest BCUT2D eigenvalue weighted by Crippen LogP contribution is -2.45. The summed E-state index contributed by atoms with van der Waals surface area (Å²) < 4.78 is 0. The van der Waals surface area contributed by atoms with E-state index in [4.69, 9.17) is 0 Å². The first-order valence-corrected chi connectivity index (χ1v) is 8.43. The maximum Gasteiger partial charge on any atom is 0.193 e. The van der Waals surface area contributed by atoms with Crippen molar-refractivity contribution >= 4 is 17.3 Å². The molecule has 1 aromatic heterocycles. The van der Waals surface area contributed by atoms with Crippen LogP contribution in [0.1, 0.15) is 36.9 Å². The van der Waals surface area contributed by atoms with Crippen LogP contribution in [0.4, 0.5) is 0 Å². The first-order valence-electron chi connectivity index (χ1n) is 7.55. The molecule has 112 valence electrons. The number of hydrogen-bond donors (Lipinski definition) is 1. The van der Waals surface area contributed by atoms with Crippen LogP contribution in [0.15, 0.2) is 10.4 Å². The Hall–Kier alpha value is -1.10. The molecule has 1 N–H and O–H groups in total. The quantitative estimate of drug-likeness (QED) is 0.527. The molecule has 5 heteroatoms. The minimum absolute atomic E-state index is 0.859. The highest BCUT2D eigenvalue weighted by Crippen LogP contribution is 2.16. The Kier molecular flexibility index (Phi) is 5.83. The van der Waals surface area contributed by atoms with Crippen LogP contribution >= 0.6 is 11.3 Å². The number of aliphatic imine (C=N–C) groups is 1. The van der Waals surface area contributed by atoms with Crippen molar-refractivity contribution in [3.8, 4) is 0 Å². The maximum absolute atomic E-state index is 4.50. The van der Waals surface area contributed by atoms with Crippen molar-refractivity contribution < 1.29 is 0 Å². The van der Waals surface area contributed by atoms with Crippen LogP contribution in [0.5, 0.6) is 0 Å². The van der Waals surface area contributed by atoms with E-state index < -0.39 is 0 Å². The van der Waals surface area contributed by atoms with Crippen LogP contribution in [0.2, 0.25) is 0 Å². The molecule has 2 heterocycles. The van der Waals surface area contributed by atoms with Gasteiger partial charge in [-0.2, -0.15) is 0 Å². The highest BCUT2D eigenvalue weighted by molar-refractivity contribution is 7.09. The van der Waals surface area contributed by atoms with Gasteiger partial charge in [0.15, 0.2) is 5.96 Å². The Labute approximate surface area is 126 Å². The third kappa shape index (κ3) is 4.47. The van der Waals surface area contributed by atoms with E-state index in [1.165, 1.54) is 17.8 Å². The molecule has 0 saturated carbocycles. The molecule has 1 aliphatic rings. The molecule has 0 radical (unpaired) electrons. The zero-order valence-corrected chi connectivity index (χ0v) is 13.7. The van der Waals surface area contributed by atoms with Crippen LogP contribution in [0, 0.1) is 12.8 Å². The van der Waals surface area contributed by atoms with Crippen molar-refractivity contribution in [1.29, 1.82) is 0 Å². The van der Waals surface area contributed by atoms with Gasteiger partial charge in [-0.3, -0.25) is 4.99 Å². The predicted octanol–water partition coefficient (Wildman–Crippen LogP) is 2.69. The number of guanidine groups is 1. The van der Waals surface area contributed by atoms with E-state index in [1.54, 1.807) is 11.3 Å². The molecule has 0 spiro atoms. The molecule has 0 atom stereocenters. The van der Waals surface area contributed by atoms with Gasteiger partial charge >= 0.3 is 0 Å². The standard InChI is InChI=1S/C15H26N4S/c1-12-6-9-19(10-7-12)15(16-3)17-8-4-5-14-18-13(2)11-20-14/h11-12H,4-10H2,1-3H3,(H,16,17). The molecule has 0 unspecified atom stereocenters. The van der Waals surface area contributed by atoms with Crippen LogP contribution in [-0.4, -0.2) is 42.5 Å². The van der Waals surface area contributed by atoms with Gasteiger partial charge in [-0.1, -0.05) is 6.92 Å². The topological polar surface area (TPSA) is 40.5 Å². The molecule has 0 amide bonds. The lowest BCUT2D eigenvalue weighted by atomic mass is 10.00. The smallest absolute Gasteiger partial charge is 0.193 e. The first-order chi connectivity index (χ1) is 9.69. The summed E-state index contributed by atoms with van der Waals surface area (Å²) in [5.74, 6) is 1.92. The summed E-state index contributed by atoms with van der Waals surface area (Å²) in [6.07, 6.45) is 4.72. The highest BCUT2D eigenvalue weighted by atomic mass is 32.1. The van der Waals surface area contributed by atoms with Gasteiger partial charge in [-0.25, -0.2) is 4.98 Å². The van der Waals surface area contributed by atoms with Gasteiger partial charge in [0.05, 0.1) is 5.01 Å². The predicted molar refractivity (Wildman–Crippen MR) is 86.5 cm³/mol. The summed E-state index contributed by atoms with van der Waals surface area (Å²) in [5, 5.41) is 6.85. The highest BCUT2D eigenvalue weighted by Gasteiger charge is 2.18. The van der Waals surface area contributed by atoms with Crippen molar-refractivity contribution in [3.05, 3.63) is 16.1 Å². The third-order valence-electron chi connectivity index (χ3n) is 3.81. The SMILES string of the molecule is CN=C(NCCCc1nc(C)cs1)N1CCC(C)CC1. The molecule has 0 bridgehead atoms. The Balaban J connectivity index is 1.69. The average Bonchev–Trinajstić information content (AvgIpc) is 2.86. The number of likely N-dealkylation sites (tertiary alicyclic amines) is 1. The monoisotopic (exact) mass is 294 g/mol. The summed E-state index contributed by atoms with van der Waals surface area (Å²) in [5.41, 5.74) is 1.14. The van der Waals surface area contributed by atoms with E-state index in [1.807, 2.05) is 7.05 Å². The van der Waals surface area contributed by atoms with Crippen molar-refractivity contribution in [2.45, 2.75) is 39.5 Å². The number of hydrogen-bond acceptors (Lipinski definition) is 3. The maximum atomic E-state index is 4.50. The van der Waals surface area contributed by atoms with Gasteiger partial charge < -0.3 is 10.2 Å². The molecule has 1 aliphatic heterocycles. The summed E-state index contributed by atoms with van der Waals surface area (Å²) >= 11 is 1.76. The number of nitrogens with one attached hydrogen (secondary N) is 1. The summed E-state index contributed by atoms with van der Waals surface area (Å²) in [7, 11) is 1.88. The van der Waals surface area contributed by atoms with Gasteiger partial charge in [0.1, 0.15) is 0 Å². The number of piperidine rings is 1. The molecule has 1 saturated heterocycles. The van der Waals surface area contributed by atoms with Gasteiger partial charge in [0, 0.05) is 44.2 Å². The number of aryl methyl sites for hydroxylation is 2. The third-order valence-corrected chi connectivity index (χ3v) is 4.84. The molecule has 0 aliphatic carbocycles. The fraction of sp³-hybridized carbons (Fsp3) is 0.733. The average molecular weight is 294 g/mol. The lowest BCUT2D eigenvalue weighted by molar-refractivity contribution is 0.273. The molecule has 1 fully saturated rings. The van der Waals surface area contributed by atoms with Gasteiger partial charge in [-0.05, 0) is 32.1 Å². The van der Waals surface area contributed by atoms with Crippen LogP contribution in [-0.2, 0) is 6.42 Å². The molecular formula is C15H26N4S. The van der Waals surface area contributed by atoms with Crippen molar-refractivity contribution in [2.75, 3.05) is 26.7 Å². The minimum atomic E-state index is 0.859. The Bertz CT molecular complexity index is 433. The number of thiazole rings is 1. The zero-order chi connectivity index (χ0) is 14.4. The summed E-state index contributed by atoms with van der Waals surface area (Å²) in [6.45, 7) is 7.62. The second-order valence-corrected chi connectivity index (χ2v) is 6.57. The lowest BCUT2D eigenvalue weighted by Gasteiger charge is -2.32. The minimum Gasteiger partial charge on any atom is -0.356 e. The fourth-order valence-electron chi connectivity index (χ4n) is 2.51. The van der Waals surface area contributed by atoms with Gasteiger partial charge in [0.2, 0.25) is 0 Å². The molecular weight excluding hydrogens is 268 g/mol. The van der Waals surface area contributed by atoms with Gasteiger partial charge in [-0.15, -0.1) is 11.3 Å². The largest absolute Gasteiger partial charge is 0.356 e. The Morgan fingerprint density at radius 1 is 1.50 bits per heavy atom. The second-order valence-electron chi connectivity index (χ2n) is 5.63. The van der Waals surface area contributed by atoms with Crippen LogP contribution < -0.4 is 5.32 Å². The number of aromatic nitrogens is 1. The number of nitrogens with zero attached hydrogens (tertiary/aromatic N) is 3. The molecule has 4 nitrogen and oxygen atoms in total. The normalized spacial score (nSPS) is 17.6. The van der Waals surface area contributed by atoms with E-state index in [-0.39, 0.29) is 0 Å². The second kappa shape index (κ2) is 7.62. The van der Waals surface area contributed by atoms with Crippen LogP contribution in [0.25, 0.3) is 0 Å². The molecule has 0 aromatic carbocycles. The van der Waals surface area contributed by atoms with E-state index in [9.17, 15) is 0 Å². The van der Waals surface area contributed by atoms with Crippen molar-refractivity contribution in [1.82, 2.24) is 15.2 Å². The van der Waals surface area contributed by atoms with E-state index in [2.05, 4.69) is 39.4 Å². The summed E-state index contributed by atoms with van der Waals surface area (Å²) in [6, 6.07) is 0. The molecule has 2 rings (SSSR count). The molecule has 20 heavy (non-hydrogen) atoms.